The van der Waals surface area contributed by atoms with Crippen molar-refractivity contribution >= 4 is 11.1 Å². The lowest BCUT2D eigenvalue weighted by Gasteiger charge is -1.98. The zero-order chi connectivity index (χ0) is 23.0. The van der Waals surface area contributed by atoms with Crippen molar-refractivity contribution in [1.29, 1.82) is 0 Å². The Morgan fingerprint density at radius 2 is 1.07 bits per heavy atom. The minimum Gasteiger partial charge on any atom is -0.103 e. The van der Waals surface area contributed by atoms with E-state index in [4.69, 9.17) is 0 Å². The molecule has 0 spiro atoms. The molecule has 2 rings (SSSR count). The monoisotopic (exact) mass is 404 g/mol. The molecule has 0 aliphatic carbocycles. The summed E-state index contributed by atoms with van der Waals surface area (Å²) < 4.78 is 0. The lowest BCUT2D eigenvalue weighted by molar-refractivity contribution is 1.16. The van der Waals surface area contributed by atoms with Gasteiger partial charge in [-0.3, -0.25) is 0 Å². The largest absolute Gasteiger partial charge is 0.103 e. The van der Waals surface area contributed by atoms with Crippen molar-refractivity contribution in [3.05, 3.63) is 109 Å². The van der Waals surface area contributed by atoms with Crippen molar-refractivity contribution in [2.45, 2.75) is 67.2 Å². The summed E-state index contributed by atoms with van der Waals surface area (Å²) >= 11 is 0. The Morgan fingerprint density at radius 3 is 1.33 bits per heavy atom. The summed E-state index contributed by atoms with van der Waals surface area (Å²) in [6, 6.07) is 20.6. The number of hydrogen-bond donors (Lipinski definition) is 0. The molecule has 164 valence electrons. The van der Waals surface area contributed by atoms with Gasteiger partial charge in [-0.05, 0) is 56.2 Å². The molecule has 2 aromatic rings. The van der Waals surface area contributed by atoms with E-state index in [0.717, 1.165) is 18.4 Å². The van der Waals surface area contributed by atoms with E-state index in [1.807, 2.05) is 37.3 Å². The number of allylic oxidation sites excluding steroid dienone is 6. The van der Waals surface area contributed by atoms with E-state index >= 15 is 0 Å². The fourth-order valence-corrected chi connectivity index (χ4v) is 2.18. The zero-order valence-corrected chi connectivity index (χ0v) is 20.3. The summed E-state index contributed by atoms with van der Waals surface area (Å²) in [7, 11) is 0. The molecular formula is C30H44. The van der Waals surface area contributed by atoms with Crippen molar-refractivity contribution in [3.8, 4) is 0 Å². The predicted molar refractivity (Wildman–Crippen MR) is 142 cm³/mol. The van der Waals surface area contributed by atoms with E-state index in [9.17, 15) is 0 Å². The van der Waals surface area contributed by atoms with Crippen LogP contribution in [0.25, 0.3) is 11.1 Å². The summed E-state index contributed by atoms with van der Waals surface area (Å²) in [5, 5.41) is 0. The molecule has 0 atom stereocenters. The van der Waals surface area contributed by atoms with Gasteiger partial charge in [0.25, 0.3) is 0 Å². The number of hydrogen-bond acceptors (Lipinski definition) is 0. The maximum atomic E-state index is 3.83. The second-order valence-corrected chi connectivity index (χ2v) is 6.79. The minimum atomic E-state index is 1.08. The first-order valence-corrected chi connectivity index (χ1v) is 11.2. The van der Waals surface area contributed by atoms with Crippen molar-refractivity contribution in [3.63, 3.8) is 0 Å². The van der Waals surface area contributed by atoms with Crippen LogP contribution in [0.1, 0.15) is 78.4 Å². The van der Waals surface area contributed by atoms with Crippen LogP contribution in [0.2, 0.25) is 0 Å². The molecule has 0 unspecified atom stereocenters. The Morgan fingerprint density at radius 1 is 0.667 bits per heavy atom. The average Bonchev–Trinajstić information content (AvgIpc) is 2.80. The second-order valence-electron chi connectivity index (χ2n) is 6.79. The van der Waals surface area contributed by atoms with Gasteiger partial charge in [0.05, 0.1) is 0 Å². The maximum Gasteiger partial charge on any atom is -0.0231 e. The molecular weight excluding hydrogens is 360 g/mol. The lowest BCUT2D eigenvalue weighted by atomic mass is 10.1. The summed E-state index contributed by atoms with van der Waals surface area (Å²) in [4.78, 5) is 0. The molecule has 0 amide bonds. The molecule has 0 saturated carbocycles. The predicted octanol–water partition coefficient (Wildman–Crippen LogP) is 10.2. The van der Waals surface area contributed by atoms with E-state index in [-0.39, 0.29) is 0 Å². The SMILES string of the molecule is C=C(C)c1ccccc1.C=CCC.CC/C=C(\C)c1ccccc1.CC/C=C/CC. The third-order valence-electron chi connectivity index (χ3n) is 3.93. The third-order valence-corrected chi connectivity index (χ3v) is 3.93. The summed E-state index contributed by atoms with van der Waals surface area (Å²) in [5.74, 6) is 0. The molecule has 0 nitrogen and oxygen atoms in total. The van der Waals surface area contributed by atoms with E-state index in [0.29, 0.717) is 0 Å². The quantitative estimate of drug-likeness (QED) is 0.420. The van der Waals surface area contributed by atoms with E-state index in [2.05, 4.69) is 102 Å². The molecule has 0 bridgehead atoms. The smallest absolute Gasteiger partial charge is 0.0231 e. The van der Waals surface area contributed by atoms with Gasteiger partial charge in [0.15, 0.2) is 0 Å². The second kappa shape index (κ2) is 22.7. The van der Waals surface area contributed by atoms with Crippen LogP contribution in [0, 0.1) is 0 Å². The molecule has 0 saturated heterocycles. The molecule has 0 fully saturated rings. The molecule has 30 heavy (non-hydrogen) atoms. The third kappa shape index (κ3) is 18.7. The van der Waals surface area contributed by atoms with Gasteiger partial charge in [0.1, 0.15) is 0 Å². The highest BCUT2D eigenvalue weighted by Gasteiger charge is 1.90. The minimum absolute atomic E-state index is 1.08. The van der Waals surface area contributed by atoms with Crippen LogP contribution in [0.15, 0.2) is 98.1 Å². The Kier molecular flexibility index (Phi) is 22.4. The topological polar surface area (TPSA) is 0 Å². The lowest BCUT2D eigenvalue weighted by Crippen LogP contribution is -1.76. The summed E-state index contributed by atoms with van der Waals surface area (Å²) in [5.41, 5.74) is 5.04. The van der Waals surface area contributed by atoms with Crippen molar-refractivity contribution in [2.75, 3.05) is 0 Å². The molecule has 0 aliphatic heterocycles. The average molecular weight is 405 g/mol. The Balaban J connectivity index is 0. The van der Waals surface area contributed by atoms with Gasteiger partial charge in [-0.25, -0.2) is 0 Å². The Labute approximate surface area is 187 Å². The van der Waals surface area contributed by atoms with Crippen molar-refractivity contribution < 1.29 is 0 Å². The van der Waals surface area contributed by atoms with E-state index in [1.165, 1.54) is 29.5 Å². The van der Waals surface area contributed by atoms with Crippen LogP contribution < -0.4 is 0 Å². The van der Waals surface area contributed by atoms with Crippen LogP contribution in [-0.4, -0.2) is 0 Å². The van der Waals surface area contributed by atoms with Crippen LogP contribution in [0.4, 0.5) is 0 Å². The van der Waals surface area contributed by atoms with Gasteiger partial charge < -0.3 is 0 Å². The number of benzene rings is 2. The van der Waals surface area contributed by atoms with Crippen molar-refractivity contribution in [1.82, 2.24) is 0 Å². The van der Waals surface area contributed by atoms with Crippen molar-refractivity contribution in [2.24, 2.45) is 0 Å². The first-order valence-electron chi connectivity index (χ1n) is 11.2. The summed E-state index contributed by atoms with van der Waals surface area (Å²) in [6.45, 7) is 20.0. The summed E-state index contributed by atoms with van der Waals surface area (Å²) in [6.07, 6.45) is 13.0. The highest BCUT2D eigenvalue weighted by atomic mass is 14.0. The molecule has 2 aromatic carbocycles. The standard InChI is InChI=1S/C11H14.C9H10.C6H12.C4H8/c1-3-7-10(2)11-8-5-4-6-9-11;1-8(2)9-6-4-3-5-7-9;1-3-5-6-4-2;1-3-4-2/h4-9H,3H2,1-2H3;3-7H,1H2,2H3;5-6H,3-4H2,1-2H3;3H,1,4H2,2H3/b10-7+;;6-5+;. The highest BCUT2D eigenvalue weighted by Crippen LogP contribution is 2.12. The van der Waals surface area contributed by atoms with Gasteiger partial charge >= 0.3 is 0 Å². The molecule has 0 radical (unpaired) electrons. The molecule has 0 aliphatic rings. The number of rotatable bonds is 6. The van der Waals surface area contributed by atoms with Gasteiger partial charge in [-0.15, -0.1) is 6.58 Å². The van der Waals surface area contributed by atoms with Crippen LogP contribution in [0.5, 0.6) is 0 Å². The van der Waals surface area contributed by atoms with Crippen LogP contribution in [-0.2, 0) is 0 Å². The van der Waals surface area contributed by atoms with Gasteiger partial charge in [-0.1, -0.05) is 125 Å². The van der Waals surface area contributed by atoms with Crippen LogP contribution in [0.3, 0.4) is 0 Å². The first kappa shape index (κ1) is 29.6. The molecule has 0 aromatic heterocycles. The van der Waals surface area contributed by atoms with Gasteiger partial charge in [0, 0.05) is 0 Å². The molecule has 0 heterocycles. The fourth-order valence-electron chi connectivity index (χ4n) is 2.18. The molecule has 0 N–H and O–H groups in total. The highest BCUT2D eigenvalue weighted by molar-refractivity contribution is 5.63. The normalized spacial score (nSPS) is 9.87. The Bertz CT molecular complexity index is 681. The van der Waals surface area contributed by atoms with E-state index in [1.54, 1.807) is 0 Å². The maximum absolute atomic E-state index is 3.83. The fraction of sp³-hybridized carbons (Fsp3) is 0.333. The Hall–Kier alpha value is -2.60. The van der Waals surface area contributed by atoms with Gasteiger partial charge in [-0.2, -0.15) is 0 Å². The molecule has 0 heteroatoms. The zero-order valence-electron chi connectivity index (χ0n) is 20.3. The van der Waals surface area contributed by atoms with Crippen LogP contribution >= 0.6 is 0 Å². The van der Waals surface area contributed by atoms with E-state index < -0.39 is 0 Å². The first-order chi connectivity index (χ1) is 14.5. The van der Waals surface area contributed by atoms with Gasteiger partial charge in [0.2, 0.25) is 0 Å².